The molecule has 0 fully saturated rings. The highest BCUT2D eigenvalue weighted by molar-refractivity contribution is 7.98. The number of nitrogen functional groups attached to an aromatic ring is 1. The van der Waals surface area contributed by atoms with Crippen molar-refractivity contribution < 1.29 is 4.92 Å². The van der Waals surface area contributed by atoms with Gasteiger partial charge in [0.2, 0.25) is 0 Å². The average Bonchev–Trinajstić information content (AvgIpc) is 2.92. The van der Waals surface area contributed by atoms with Crippen molar-refractivity contribution in [1.29, 1.82) is 0 Å². The molecule has 0 radical (unpaired) electrons. The first kappa shape index (κ1) is 16.4. The van der Waals surface area contributed by atoms with E-state index in [4.69, 9.17) is 5.73 Å². The van der Waals surface area contributed by atoms with Crippen LogP contribution >= 0.6 is 23.5 Å². The van der Waals surface area contributed by atoms with Gasteiger partial charge in [-0.15, -0.1) is 23.5 Å². The first-order valence-electron chi connectivity index (χ1n) is 5.44. The lowest BCUT2D eigenvalue weighted by molar-refractivity contribution is -0.387. The average molecular weight is 316 g/mol. The molecule has 2 rings (SSSR count). The van der Waals surface area contributed by atoms with Crippen LogP contribution in [0.25, 0.3) is 0 Å². The molecule has 0 saturated heterocycles. The normalized spacial score (nSPS) is 10.0. The zero-order chi connectivity index (χ0) is 15.3. The van der Waals surface area contributed by atoms with E-state index in [0.29, 0.717) is 5.03 Å². The van der Waals surface area contributed by atoms with E-state index < -0.39 is 4.92 Å². The number of rotatable bonds is 3. The number of hydrogen-bond donors (Lipinski definition) is 1. The highest BCUT2D eigenvalue weighted by Crippen LogP contribution is 2.24. The van der Waals surface area contributed by atoms with Crippen LogP contribution in [0.5, 0.6) is 0 Å². The van der Waals surface area contributed by atoms with Crippen LogP contribution in [0.2, 0.25) is 0 Å². The maximum absolute atomic E-state index is 10.3. The van der Waals surface area contributed by atoms with Gasteiger partial charge in [-0.3, -0.25) is 19.5 Å². The Morgan fingerprint density at radius 2 is 1.65 bits per heavy atom. The molecule has 20 heavy (non-hydrogen) atoms. The second-order valence-electron chi connectivity index (χ2n) is 3.72. The molecule has 10 heteroatoms. The van der Waals surface area contributed by atoms with Gasteiger partial charge in [-0.25, -0.2) is 0 Å². The first-order valence-corrected chi connectivity index (χ1v) is 7.89. The SMILES string of the molecule is CSc1nn(C)cc1N.CSc1nn(C)cc1[N+](=O)[O-]. The van der Waals surface area contributed by atoms with E-state index in [1.54, 1.807) is 35.9 Å². The van der Waals surface area contributed by atoms with Gasteiger partial charge in [-0.1, -0.05) is 0 Å². The van der Waals surface area contributed by atoms with Crippen LogP contribution < -0.4 is 5.73 Å². The Balaban J connectivity index is 0.000000204. The molecule has 8 nitrogen and oxygen atoms in total. The summed E-state index contributed by atoms with van der Waals surface area (Å²) in [6, 6.07) is 0. The zero-order valence-corrected chi connectivity index (χ0v) is 13.2. The quantitative estimate of drug-likeness (QED) is 0.522. The summed E-state index contributed by atoms with van der Waals surface area (Å²) >= 11 is 2.83. The van der Waals surface area contributed by atoms with E-state index in [9.17, 15) is 10.1 Å². The number of nitrogens with two attached hydrogens (primary N) is 1. The zero-order valence-electron chi connectivity index (χ0n) is 11.6. The van der Waals surface area contributed by atoms with Gasteiger partial charge < -0.3 is 5.73 Å². The predicted molar refractivity (Wildman–Crippen MR) is 81.0 cm³/mol. The minimum Gasteiger partial charge on any atom is -0.395 e. The smallest absolute Gasteiger partial charge is 0.320 e. The molecule has 2 N–H and O–H groups in total. The van der Waals surface area contributed by atoms with E-state index in [0.717, 1.165) is 10.7 Å². The lowest BCUT2D eigenvalue weighted by atomic mass is 10.6. The molecule has 0 amide bonds. The summed E-state index contributed by atoms with van der Waals surface area (Å²) in [4.78, 5) is 9.90. The molecule has 0 aliphatic carbocycles. The lowest BCUT2D eigenvalue weighted by Crippen LogP contribution is -1.86. The van der Waals surface area contributed by atoms with Crippen LogP contribution in [0.15, 0.2) is 22.4 Å². The van der Waals surface area contributed by atoms with Crippen LogP contribution in [0, 0.1) is 10.1 Å². The van der Waals surface area contributed by atoms with Crippen LogP contribution in [0.3, 0.4) is 0 Å². The van der Waals surface area contributed by atoms with Gasteiger partial charge in [0.15, 0.2) is 5.03 Å². The summed E-state index contributed by atoms with van der Waals surface area (Å²) in [6.45, 7) is 0. The molecule has 2 aromatic heterocycles. The van der Waals surface area contributed by atoms with E-state index in [-0.39, 0.29) is 5.69 Å². The number of anilines is 1. The molecule has 0 unspecified atom stereocenters. The molecule has 0 spiro atoms. The van der Waals surface area contributed by atoms with E-state index >= 15 is 0 Å². The van der Waals surface area contributed by atoms with Crippen molar-refractivity contribution in [2.24, 2.45) is 14.1 Å². The third kappa shape index (κ3) is 4.17. The van der Waals surface area contributed by atoms with Gasteiger partial charge in [-0.05, 0) is 12.5 Å². The van der Waals surface area contributed by atoms with Crippen molar-refractivity contribution >= 4 is 34.9 Å². The first-order chi connectivity index (χ1) is 9.38. The van der Waals surface area contributed by atoms with Crippen LogP contribution in [0.4, 0.5) is 11.4 Å². The molecule has 0 saturated carbocycles. The Morgan fingerprint density at radius 1 is 1.15 bits per heavy atom. The number of aromatic nitrogens is 4. The van der Waals surface area contributed by atoms with Crippen LogP contribution in [-0.4, -0.2) is 37.0 Å². The van der Waals surface area contributed by atoms with E-state index in [1.807, 2.05) is 13.3 Å². The third-order valence-corrected chi connectivity index (χ3v) is 3.56. The molecular weight excluding hydrogens is 300 g/mol. The topological polar surface area (TPSA) is 105 Å². The second kappa shape index (κ2) is 7.20. The van der Waals surface area contributed by atoms with Gasteiger partial charge in [-0.2, -0.15) is 10.2 Å². The Hall–Kier alpha value is -1.68. The molecular formula is C10H16N6O2S2. The number of nitrogens with zero attached hydrogens (tertiary/aromatic N) is 5. The van der Waals surface area contributed by atoms with Crippen LogP contribution in [0.1, 0.15) is 0 Å². The molecule has 0 aliphatic rings. The Kier molecular flexibility index (Phi) is 5.89. The van der Waals surface area contributed by atoms with Gasteiger partial charge >= 0.3 is 5.69 Å². The molecule has 0 aliphatic heterocycles. The van der Waals surface area contributed by atoms with Gasteiger partial charge in [0.05, 0.1) is 10.6 Å². The second-order valence-corrected chi connectivity index (χ2v) is 5.31. The monoisotopic (exact) mass is 316 g/mol. The number of aryl methyl sites for hydroxylation is 2. The Labute approximate surface area is 124 Å². The minimum atomic E-state index is -0.432. The predicted octanol–water partition coefficient (Wildman–Crippen LogP) is 1.77. The fraction of sp³-hybridized carbons (Fsp3) is 0.400. The standard InChI is InChI=1S/C5H7N3O2S.C5H9N3S/c1-7-3-4(8(9)10)5(6-7)11-2;1-8-3-4(6)5(7-8)9-2/h3H,1-2H3;3H,6H2,1-2H3. The fourth-order valence-electron chi connectivity index (χ4n) is 1.37. The Bertz CT molecular complexity index is 595. The van der Waals surface area contributed by atoms with E-state index in [1.165, 1.54) is 22.6 Å². The molecule has 2 heterocycles. The number of hydrogen-bond acceptors (Lipinski definition) is 7. The lowest BCUT2D eigenvalue weighted by Gasteiger charge is -1.85. The molecule has 0 atom stereocenters. The van der Waals surface area contributed by atoms with Crippen molar-refractivity contribution in [2.75, 3.05) is 18.2 Å². The summed E-state index contributed by atoms with van der Waals surface area (Å²) in [5.74, 6) is 0. The number of nitro groups is 1. The van der Waals surface area contributed by atoms with Crippen LogP contribution in [-0.2, 0) is 14.1 Å². The Morgan fingerprint density at radius 3 is 1.95 bits per heavy atom. The van der Waals surface area contributed by atoms with Gasteiger partial charge in [0.1, 0.15) is 11.2 Å². The summed E-state index contributed by atoms with van der Waals surface area (Å²) in [5, 5.41) is 19.7. The third-order valence-electron chi connectivity index (χ3n) is 2.18. The molecule has 2 aromatic rings. The fourth-order valence-corrected chi connectivity index (χ4v) is 2.42. The molecule has 0 aromatic carbocycles. The summed E-state index contributed by atoms with van der Waals surface area (Å²) in [7, 11) is 3.52. The summed E-state index contributed by atoms with van der Waals surface area (Å²) in [5.41, 5.74) is 6.37. The van der Waals surface area contributed by atoms with Crippen molar-refractivity contribution in [3.63, 3.8) is 0 Å². The molecule has 110 valence electrons. The van der Waals surface area contributed by atoms with E-state index in [2.05, 4.69) is 10.2 Å². The van der Waals surface area contributed by atoms with Gasteiger partial charge in [0, 0.05) is 20.3 Å². The largest absolute Gasteiger partial charge is 0.395 e. The van der Waals surface area contributed by atoms with Crippen molar-refractivity contribution in [2.45, 2.75) is 10.1 Å². The molecule has 0 bridgehead atoms. The van der Waals surface area contributed by atoms with Crippen molar-refractivity contribution in [1.82, 2.24) is 19.6 Å². The summed E-state index contributed by atoms with van der Waals surface area (Å²) in [6.07, 6.45) is 6.91. The highest BCUT2D eigenvalue weighted by atomic mass is 32.2. The minimum absolute atomic E-state index is 0.0694. The maximum Gasteiger partial charge on any atom is 0.320 e. The summed E-state index contributed by atoms with van der Waals surface area (Å²) < 4.78 is 3.14. The van der Waals surface area contributed by atoms with Gasteiger partial charge in [0.25, 0.3) is 0 Å². The number of thioether (sulfide) groups is 2. The van der Waals surface area contributed by atoms with Crippen molar-refractivity contribution in [3.8, 4) is 0 Å². The van der Waals surface area contributed by atoms with Crippen molar-refractivity contribution in [3.05, 3.63) is 22.5 Å². The maximum atomic E-state index is 10.3. The highest BCUT2D eigenvalue weighted by Gasteiger charge is 2.16.